The monoisotopic (exact) mass is 683 g/mol. The van der Waals surface area contributed by atoms with Crippen molar-refractivity contribution in [1.82, 2.24) is 33.3 Å². The topological polar surface area (TPSA) is 115 Å². The number of sulfonamides is 1. The zero-order valence-electron chi connectivity index (χ0n) is 26.4. The van der Waals surface area contributed by atoms with Crippen LogP contribution in [0.1, 0.15) is 42.1 Å². The summed E-state index contributed by atoms with van der Waals surface area (Å²) in [6.07, 6.45) is 7.82. The summed E-state index contributed by atoms with van der Waals surface area (Å²) in [7, 11) is -2.16. The Balaban J connectivity index is 1.10. The zero-order valence-corrected chi connectivity index (χ0v) is 27.9. The molecule has 2 aliphatic heterocycles. The maximum Gasteiger partial charge on any atom is 0.254 e. The molecule has 6 heterocycles. The lowest BCUT2D eigenvalue weighted by Crippen LogP contribution is -2.53. The highest BCUT2D eigenvalue weighted by atomic mass is 35.5. The van der Waals surface area contributed by atoms with Crippen LogP contribution in [0, 0.1) is 23.7 Å². The number of carbonyl (C=O) groups is 1. The summed E-state index contributed by atoms with van der Waals surface area (Å²) in [5.74, 6) is 3.99. The Morgan fingerprint density at radius 2 is 1.90 bits per heavy atom. The fraction of sp³-hybridized carbons (Fsp3) is 0.429. The van der Waals surface area contributed by atoms with Crippen molar-refractivity contribution in [3.8, 4) is 17.3 Å². The number of ether oxygens (including phenoxy) is 1. The van der Waals surface area contributed by atoms with Gasteiger partial charge in [0.05, 0.1) is 24.4 Å². The fourth-order valence-electron chi connectivity index (χ4n) is 8.83. The molecule has 5 aliphatic rings. The van der Waals surface area contributed by atoms with E-state index in [-0.39, 0.29) is 35.1 Å². The lowest BCUT2D eigenvalue weighted by Gasteiger charge is -2.52. The largest absolute Gasteiger partial charge is 0.494 e. The van der Waals surface area contributed by atoms with Gasteiger partial charge in [-0.15, -0.1) is 0 Å². The summed E-state index contributed by atoms with van der Waals surface area (Å²) < 4.78 is 38.9. The van der Waals surface area contributed by atoms with Gasteiger partial charge in [0.15, 0.2) is 5.82 Å². The van der Waals surface area contributed by atoms with Gasteiger partial charge in [0.1, 0.15) is 27.0 Å². The molecular weight excluding hydrogens is 650 g/mol. The second-order valence-corrected chi connectivity index (χ2v) is 16.6. The molecule has 1 amide bonds. The standard InChI is InChI=1S/C35H34ClN7O4S/c1-47-29-13-22(35(44)42-16-23-9-21-12-27(42)31(21)23)10-26-32(29)43(24-17-40(18-24)48(45,46)25-6-7-30(36)38-14-25)34(39-26)28-11-20-3-2-8-37-33(20)41(28)15-19-4-5-19/h2-3,6-8,10-11,13-14,19,21,23-24,27,31H,4-5,9,12,15-18H2,1H3/t21?,23?,27?,31-/m1/s1. The van der Waals surface area contributed by atoms with Gasteiger partial charge in [-0.25, -0.2) is 23.4 Å². The second-order valence-electron chi connectivity index (χ2n) is 14.2. The van der Waals surface area contributed by atoms with Crippen LogP contribution in [-0.4, -0.2) is 80.4 Å². The van der Waals surface area contributed by atoms with Crippen LogP contribution in [0.2, 0.25) is 5.15 Å². The number of hydrogen-bond donors (Lipinski definition) is 0. The molecule has 5 fully saturated rings. The molecule has 48 heavy (non-hydrogen) atoms. The number of aromatic nitrogens is 5. The van der Waals surface area contributed by atoms with Gasteiger partial charge < -0.3 is 18.8 Å². The SMILES string of the molecule is COc1cc(C(=O)N2CC3CC4CC2[C@H]43)cc2nc(-c3cc4cccnc4n3CC3CC3)n(C3CN(S(=O)(=O)c4ccc(Cl)nc4)C3)c12. The first-order chi connectivity index (χ1) is 23.3. The van der Waals surface area contributed by atoms with Gasteiger partial charge >= 0.3 is 0 Å². The van der Waals surface area contributed by atoms with E-state index in [9.17, 15) is 13.2 Å². The average Bonchev–Trinajstić information content (AvgIpc) is 3.69. The molecule has 4 atom stereocenters. The normalized spacial score (nSPS) is 25.2. The molecule has 4 aromatic heterocycles. The quantitative estimate of drug-likeness (QED) is 0.205. The Labute approximate surface area is 282 Å². The molecule has 0 spiro atoms. The van der Waals surface area contributed by atoms with Crippen LogP contribution < -0.4 is 4.74 Å². The first-order valence-corrected chi connectivity index (χ1v) is 18.6. The van der Waals surface area contributed by atoms with Crippen molar-refractivity contribution in [3.05, 3.63) is 65.6 Å². The van der Waals surface area contributed by atoms with Crippen LogP contribution in [-0.2, 0) is 16.6 Å². The summed E-state index contributed by atoms with van der Waals surface area (Å²) in [5.41, 5.74) is 3.80. The van der Waals surface area contributed by atoms with Crippen LogP contribution in [0.25, 0.3) is 33.6 Å². The highest BCUT2D eigenvalue weighted by molar-refractivity contribution is 7.89. The molecule has 0 radical (unpaired) electrons. The number of halogens is 1. The van der Waals surface area contributed by atoms with Crippen molar-refractivity contribution in [2.24, 2.45) is 23.7 Å². The molecule has 0 bridgehead atoms. The van der Waals surface area contributed by atoms with Gasteiger partial charge in [0, 0.05) is 55.6 Å². The number of imidazole rings is 1. The summed E-state index contributed by atoms with van der Waals surface area (Å²) >= 11 is 5.94. The van der Waals surface area contributed by atoms with E-state index in [0.29, 0.717) is 46.4 Å². The predicted molar refractivity (Wildman–Crippen MR) is 179 cm³/mol. The Kier molecular flexibility index (Phi) is 6.19. The molecule has 10 rings (SSSR count). The Hall–Kier alpha value is -4.00. The van der Waals surface area contributed by atoms with E-state index < -0.39 is 10.0 Å². The number of fused-ring (bicyclic) bond motifs is 2. The molecule has 3 saturated carbocycles. The second kappa shape index (κ2) is 10.3. The number of benzene rings is 1. The number of rotatable bonds is 8. The van der Waals surface area contributed by atoms with Crippen molar-refractivity contribution in [3.63, 3.8) is 0 Å². The highest BCUT2D eigenvalue weighted by Crippen LogP contribution is 2.61. The Morgan fingerprint density at radius 1 is 1.04 bits per heavy atom. The third kappa shape index (κ3) is 4.18. The Bertz CT molecular complexity index is 2260. The van der Waals surface area contributed by atoms with E-state index in [1.54, 1.807) is 7.11 Å². The maximum atomic E-state index is 14.0. The first-order valence-electron chi connectivity index (χ1n) is 16.8. The number of nitrogens with zero attached hydrogens (tertiary/aromatic N) is 7. The third-order valence-electron chi connectivity index (χ3n) is 11.5. The molecule has 1 aromatic carbocycles. The van der Waals surface area contributed by atoms with Crippen molar-refractivity contribution in [1.29, 1.82) is 0 Å². The molecule has 3 unspecified atom stereocenters. The lowest BCUT2D eigenvalue weighted by atomic mass is 9.53. The number of hydrogen-bond acceptors (Lipinski definition) is 7. The summed E-state index contributed by atoms with van der Waals surface area (Å²) in [6.45, 7) is 2.14. The zero-order chi connectivity index (χ0) is 32.5. The number of pyridine rings is 2. The predicted octanol–water partition coefficient (Wildman–Crippen LogP) is 5.25. The van der Waals surface area contributed by atoms with Crippen LogP contribution in [0.5, 0.6) is 5.75 Å². The molecule has 11 nitrogen and oxygen atoms in total. The molecule has 246 valence electrons. The third-order valence-corrected chi connectivity index (χ3v) is 13.6. The van der Waals surface area contributed by atoms with Crippen LogP contribution >= 0.6 is 11.6 Å². The van der Waals surface area contributed by atoms with E-state index in [0.717, 1.165) is 47.7 Å². The summed E-state index contributed by atoms with van der Waals surface area (Å²) in [4.78, 5) is 30.2. The Morgan fingerprint density at radius 3 is 2.62 bits per heavy atom. The molecule has 2 saturated heterocycles. The smallest absolute Gasteiger partial charge is 0.254 e. The van der Waals surface area contributed by atoms with Gasteiger partial charge in [0.25, 0.3) is 5.91 Å². The van der Waals surface area contributed by atoms with Crippen LogP contribution in [0.15, 0.2) is 59.8 Å². The van der Waals surface area contributed by atoms with Crippen LogP contribution in [0.3, 0.4) is 0 Å². The molecule has 5 aromatic rings. The van der Waals surface area contributed by atoms with Crippen molar-refractivity contribution < 1.29 is 17.9 Å². The summed E-state index contributed by atoms with van der Waals surface area (Å²) in [6, 6.07) is 13.0. The first kappa shape index (κ1) is 29.0. The van der Waals surface area contributed by atoms with Crippen molar-refractivity contribution >= 4 is 49.6 Å². The van der Waals surface area contributed by atoms with Crippen molar-refractivity contribution in [2.45, 2.75) is 49.2 Å². The van der Waals surface area contributed by atoms with Gasteiger partial charge in [-0.3, -0.25) is 4.79 Å². The molecular formula is C35H34ClN7O4S. The maximum absolute atomic E-state index is 14.0. The molecule has 0 N–H and O–H groups in total. The van der Waals surface area contributed by atoms with Gasteiger partial charge in [-0.05, 0) is 91.8 Å². The molecule has 13 heteroatoms. The molecule has 3 aliphatic carbocycles. The lowest BCUT2D eigenvalue weighted by molar-refractivity contribution is -0.0204. The van der Waals surface area contributed by atoms with E-state index in [2.05, 4.69) is 31.2 Å². The number of carbonyl (C=O) groups excluding carboxylic acids is 1. The minimum absolute atomic E-state index is 0.0358. The van der Waals surface area contributed by atoms with E-state index in [1.807, 2.05) is 24.4 Å². The number of likely N-dealkylation sites (tertiary alicyclic amines) is 1. The van der Waals surface area contributed by atoms with Crippen molar-refractivity contribution in [2.75, 3.05) is 26.7 Å². The number of methoxy groups -OCH3 is 1. The minimum atomic E-state index is -3.78. The minimum Gasteiger partial charge on any atom is -0.494 e. The summed E-state index contributed by atoms with van der Waals surface area (Å²) in [5, 5.41) is 1.25. The average molecular weight is 684 g/mol. The van der Waals surface area contributed by atoms with Gasteiger partial charge in [-0.2, -0.15) is 4.31 Å². The van der Waals surface area contributed by atoms with E-state index in [4.69, 9.17) is 26.3 Å². The number of amides is 1. The van der Waals surface area contributed by atoms with Gasteiger partial charge in [-0.1, -0.05) is 11.6 Å². The fourth-order valence-corrected chi connectivity index (χ4v) is 10.4. The van der Waals surface area contributed by atoms with Gasteiger partial charge in [0.2, 0.25) is 10.0 Å². The van der Waals surface area contributed by atoms with E-state index in [1.165, 1.54) is 41.9 Å². The van der Waals surface area contributed by atoms with Crippen LogP contribution in [0.4, 0.5) is 0 Å². The van der Waals surface area contributed by atoms with E-state index >= 15 is 0 Å². The highest BCUT2D eigenvalue weighted by Gasteiger charge is 2.61.